The van der Waals surface area contributed by atoms with Crippen LogP contribution in [0.5, 0.6) is 5.75 Å². The second-order valence-electron chi connectivity index (χ2n) is 5.04. The number of aryl methyl sites for hydroxylation is 2. The van der Waals surface area contributed by atoms with Crippen LogP contribution in [-0.4, -0.2) is 6.61 Å². The average molecular weight is 311 g/mol. The molecule has 0 radical (unpaired) electrons. The van der Waals surface area contributed by atoms with Crippen molar-refractivity contribution in [1.29, 1.82) is 0 Å². The van der Waals surface area contributed by atoms with E-state index in [9.17, 15) is 8.78 Å². The third-order valence-electron chi connectivity index (χ3n) is 3.43. The van der Waals surface area contributed by atoms with Gasteiger partial charge in [0.15, 0.2) is 0 Å². The van der Waals surface area contributed by atoms with E-state index in [0.29, 0.717) is 6.42 Å². The molecule has 2 aromatic carbocycles. The predicted molar refractivity (Wildman–Crippen MR) is 81.3 cm³/mol. The number of rotatable bonds is 5. The summed E-state index contributed by atoms with van der Waals surface area (Å²) in [4.78, 5) is 0. The number of alkyl halides is 3. The summed E-state index contributed by atoms with van der Waals surface area (Å²) in [5.41, 5.74) is 4.34. The Labute approximate surface area is 128 Å². The Bertz CT molecular complexity index is 613. The van der Waals surface area contributed by atoms with Gasteiger partial charge < -0.3 is 4.74 Å². The standard InChI is InChI=1S/C17H17ClF2O/c1-11-6-7-13(8-12(11)2)9-16(18)14-4-3-5-15(10-14)21-17(19)20/h3-8,10,16-17H,9H2,1-2H3. The van der Waals surface area contributed by atoms with Gasteiger partial charge in [-0.05, 0) is 54.7 Å². The Morgan fingerprint density at radius 2 is 1.81 bits per heavy atom. The van der Waals surface area contributed by atoms with Crippen LogP contribution in [0.25, 0.3) is 0 Å². The van der Waals surface area contributed by atoms with Crippen LogP contribution >= 0.6 is 11.6 Å². The second-order valence-corrected chi connectivity index (χ2v) is 5.57. The van der Waals surface area contributed by atoms with Gasteiger partial charge in [0.1, 0.15) is 5.75 Å². The number of halogens is 3. The van der Waals surface area contributed by atoms with Gasteiger partial charge >= 0.3 is 6.61 Å². The summed E-state index contributed by atoms with van der Waals surface area (Å²) in [7, 11) is 0. The van der Waals surface area contributed by atoms with E-state index in [1.165, 1.54) is 17.2 Å². The highest BCUT2D eigenvalue weighted by atomic mass is 35.5. The molecule has 112 valence electrons. The minimum Gasteiger partial charge on any atom is -0.435 e. The fraction of sp³-hybridized carbons (Fsp3) is 0.294. The van der Waals surface area contributed by atoms with E-state index >= 15 is 0 Å². The highest BCUT2D eigenvalue weighted by Gasteiger charge is 2.12. The Balaban J connectivity index is 2.12. The van der Waals surface area contributed by atoms with Crippen molar-refractivity contribution < 1.29 is 13.5 Å². The Hall–Kier alpha value is -1.61. The minimum atomic E-state index is -2.83. The van der Waals surface area contributed by atoms with Crippen molar-refractivity contribution in [1.82, 2.24) is 0 Å². The molecular weight excluding hydrogens is 294 g/mol. The molecule has 4 heteroatoms. The molecule has 0 bridgehead atoms. The summed E-state index contributed by atoms with van der Waals surface area (Å²) in [5, 5.41) is -0.284. The molecule has 1 unspecified atom stereocenters. The van der Waals surface area contributed by atoms with Crippen molar-refractivity contribution in [2.75, 3.05) is 0 Å². The van der Waals surface area contributed by atoms with Gasteiger partial charge in [0.25, 0.3) is 0 Å². The molecule has 1 atom stereocenters. The molecule has 0 spiro atoms. The van der Waals surface area contributed by atoms with Crippen LogP contribution < -0.4 is 4.74 Å². The van der Waals surface area contributed by atoms with Gasteiger partial charge in [-0.15, -0.1) is 11.6 Å². The van der Waals surface area contributed by atoms with Crippen LogP contribution in [0.2, 0.25) is 0 Å². The first-order valence-corrected chi connectivity index (χ1v) is 7.14. The van der Waals surface area contributed by atoms with Crippen LogP contribution in [0.1, 0.15) is 27.6 Å². The highest BCUT2D eigenvalue weighted by molar-refractivity contribution is 6.20. The lowest BCUT2D eigenvalue weighted by Gasteiger charge is -2.13. The third kappa shape index (κ3) is 4.43. The molecule has 0 aliphatic heterocycles. The van der Waals surface area contributed by atoms with Crippen molar-refractivity contribution in [3.8, 4) is 5.75 Å². The minimum absolute atomic E-state index is 0.133. The molecule has 0 saturated carbocycles. The molecule has 0 N–H and O–H groups in total. The summed E-state index contributed by atoms with van der Waals surface area (Å²) in [6, 6.07) is 12.7. The topological polar surface area (TPSA) is 9.23 Å². The number of benzene rings is 2. The zero-order valence-corrected chi connectivity index (χ0v) is 12.7. The normalized spacial score (nSPS) is 12.5. The van der Waals surface area contributed by atoms with E-state index in [4.69, 9.17) is 11.6 Å². The zero-order valence-electron chi connectivity index (χ0n) is 11.9. The van der Waals surface area contributed by atoms with Crippen molar-refractivity contribution in [3.05, 3.63) is 64.7 Å². The van der Waals surface area contributed by atoms with Crippen LogP contribution in [-0.2, 0) is 6.42 Å². The molecule has 0 aromatic heterocycles. The van der Waals surface area contributed by atoms with E-state index in [1.807, 2.05) is 12.1 Å². The number of ether oxygens (including phenoxy) is 1. The summed E-state index contributed by atoms with van der Waals surface area (Å²) >= 11 is 6.40. The Morgan fingerprint density at radius 3 is 2.48 bits per heavy atom. The van der Waals surface area contributed by atoms with Gasteiger partial charge in [0, 0.05) is 0 Å². The average Bonchev–Trinajstić information content (AvgIpc) is 2.42. The monoisotopic (exact) mass is 310 g/mol. The molecule has 0 aliphatic rings. The molecule has 0 saturated heterocycles. The van der Waals surface area contributed by atoms with E-state index in [2.05, 4.69) is 30.7 Å². The lowest BCUT2D eigenvalue weighted by molar-refractivity contribution is -0.0498. The van der Waals surface area contributed by atoms with Gasteiger partial charge in [-0.2, -0.15) is 8.78 Å². The summed E-state index contributed by atoms with van der Waals surface area (Å²) in [6.45, 7) is 1.29. The third-order valence-corrected chi connectivity index (χ3v) is 3.84. The first-order chi connectivity index (χ1) is 9.95. The fourth-order valence-corrected chi connectivity index (χ4v) is 2.45. The quantitative estimate of drug-likeness (QED) is 0.669. The van der Waals surface area contributed by atoms with E-state index < -0.39 is 6.61 Å². The van der Waals surface area contributed by atoms with Crippen molar-refractivity contribution >= 4 is 11.6 Å². The molecule has 0 heterocycles. The molecule has 2 rings (SSSR count). The Morgan fingerprint density at radius 1 is 1.05 bits per heavy atom. The van der Waals surface area contributed by atoms with Crippen LogP contribution in [0.4, 0.5) is 8.78 Å². The molecule has 2 aromatic rings. The molecule has 1 nitrogen and oxygen atoms in total. The lowest BCUT2D eigenvalue weighted by Crippen LogP contribution is -2.03. The van der Waals surface area contributed by atoms with Crippen LogP contribution in [0.15, 0.2) is 42.5 Å². The Kier molecular flexibility index (Phi) is 5.18. The molecule has 21 heavy (non-hydrogen) atoms. The molecule has 0 amide bonds. The van der Waals surface area contributed by atoms with Crippen LogP contribution in [0.3, 0.4) is 0 Å². The first kappa shape index (κ1) is 15.8. The van der Waals surface area contributed by atoms with E-state index in [1.54, 1.807) is 12.1 Å². The maximum Gasteiger partial charge on any atom is 0.387 e. The SMILES string of the molecule is Cc1ccc(CC(Cl)c2cccc(OC(F)F)c2)cc1C. The highest BCUT2D eigenvalue weighted by Crippen LogP contribution is 2.28. The van der Waals surface area contributed by atoms with Crippen molar-refractivity contribution in [2.24, 2.45) is 0 Å². The fourth-order valence-electron chi connectivity index (χ4n) is 2.14. The summed E-state index contributed by atoms with van der Waals surface area (Å²) in [5.74, 6) is 0.133. The first-order valence-electron chi connectivity index (χ1n) is 6.70. The molecule has 0 fully saturated rings. The van der Waals surface area contributed by atoms with Gasteiger partial charge in [0.2, 0.25) is 0 Å². The molecular formula is C17H17ClF2O. The maximum absolute atomic E-state index is 12.2. The lowest BCUT2D eigenvalue weighted by atomic mass is 10.00. The molecule has 0 aliphatic carbocycles. The van der Waals surface area contributed by atoms with Gasteiger partial charge in [0.05, 0.1) is 5.38 Å². The van der Waals surface area contributed by atoms with E-state index in [-0.39, 0.29) is 11.1 Å². The largest absolute Gasteiger partial charge is 0.435 e. The summed E-state index contributed by atoms with van der Waals surface area (Å²) in [6.07, 6.45) is 0.640. The van der Waals surface area contributed by atoms with Crippen LogP contribution in [0, 0.1) is 13.8 Å². The van der Waals surface area contributed by atoms with Crippen molar-refractivity contribution in [3.63, 3.8) is 0 Å². The van der Waals surface area contributed by atoms with Gasteiger partial charge in [-0.25, -0.2) is 0 Å². The smallest absolute Gasteiger partial charge is 0.387 e. The number of hydrogen-bond acceptors (Lipinski definition) is 1. The zero-order chi connectivity index (χ0) is 15.4. The van der Waals surface area contributed by atoms with Gasteiger partial charge in [-0.1, -0.05) is 30.3 Å². The predicted octanol–water partition coefficient (Wildman–Crippen LogP) is 5.43. The maximum atomic E-state index is 12.2. The summed E-state index contributed by atoms with van der Waals surface area (Å²) < 4.78 is 28.9. The second kappa shape index (κ2) is 6.90. The number of hydrogen-bond donors (Lipinski definition) is 0. The van der Waals surface area contributed by atoms with Gasteiger partial charge in [-0.3, -0.25) is 0 Å². The van der Waals surface area contributed by atoms with Crippen molar-refractivity contribution in [2.45, 2.75) is 32.3 Å². The van der Waals surface area contributed by atoms with E-state index in [0.717, 1.165) is 11.1 Å².